The van der Waals surface area contributed by atoms with E-state index < -0.39 is 0 Å². The largest absolute Gasteiger partial charge is 0.497 e. The van der Waals surface area contributed by atoms with Gasteiger partial charge in [-0.25, -0.2) is 4.98 Å². The van der Waals surface area contributed by atoms with E-state index in [0.29, 0.717) is 5.13 Å². The summed E-state index contributed by atoms with van der Waals surface area (Å²) in [5, 5.41) is 0.658. The topological polar surface area (TPSA) is 54.6 Å². The molecular formula is C23H28N4OS. The van der Waals surface area contributed by atoms with Crippen molar-refractivity contribution in [3.63, 3.8) is 0 Å². The molecule has 0 unspecified atom stereocenters. The van der Waals surface area contributed by atoms with Crippen molar-refractivity contribution in [3.05, 3.63) is 59.5 Å². The molecule has 5 nitrogen and oxygen atoms in total. The summed E-state index contributed by atoms with van der Waals surface area (Å²) in [5.41, 5.74) is 9.46. The maximum Gasteiger partial charge on any atom is 0.180 e. The Morgan fingerprint density at radius 2 is 1.83 bits per heavy atom. The van der Waals surface area contributed by atoms with Crippen molar-refractivity contribution in [2.75, 3.05) is 50.5 Å². The summed E-state index contributed by atoms with van der Waals surface area (Å²) in [6.45, 7) is 5.39. The van der Waals surface area contributed by atoms with Crippen LogP contribution in [0.1, 0.15) is 11.3 Å². The fourth-order valence-electron chi connectivity index (χ4n) is 3.86. The molecule has 2 aromatic carbocycles. The van der Waals surface area contributed by atoms with Gasteiger partial charge in [0.25, 0.3) is 0 Å². The lowest BCUT2D eigenvalue weighted by molar-refractivity contribution is 0.255. The lowest BCUT2D eigenvalue weighted by atomic mass is 10.1. The first-order valence-corrected chi connectivity index (χ1v) is 11.0. The molecule has 0 saturated carbocycles. The molecule has 0 amide bonds. The fraction of sp³-hybridized carbons (Fsp3) is 0.348. The van der Waals surface area contributed by atoms with E-state index in [9.17, 15) is 0 Å². The van der Waals surface area contributed by atoms with E-state index in [1.807, 2.05) is 12.1 Å². The van der Waals surface area contributed by atoms with Gasteiger partial charge in [0.1, 0.15) is 5.75 Å². The number of thiazole rings is 1. The summed E-state index contributed by atoms with van der Waals surface area (Å²) in [6.07, 6.45) is 2.15. The van der Waals surface area contributed by atoms with Gasteiger partial charge in [-0.1, -0.05) is 36.4 Å². The Bertz CT molecular complexity index is 920. The van der Waals surface area contributed by atoms with Crippen LogP contribution in [0.25, 0.3) is 11.3 Å². The lowest BCUT2D eigenvalue weighted by Crippen LogP contribution is -2.46. The molecule has 4 rings (SSSR count). The normalized spacial score (nSPS) is 14.9. The summed E-state index contributed by atoms with van der Waals surface area (Å²) in [7, 11) is 1.72. The minimum atomic E-state index is 0.658. The zero-order chi connectivity index (χ0) is 20.1. The van der Waals surface area contributed by atoms with Gasteiger partial charge < -0.3 is 15.4 Å². The first-order valence-electron chi connectivity index (χ1n) is 10.1. The first-order chi connectivity index (χ1) is 14.2. The number of benzene rings is 2. The number of nitrogen functional groups attached to an aromatic ring is 1. The Kier molecular flexibility index (Phi) is 6.32. The molecule has 29 heavy (non-hydrogen) atoms. The highest BCUT2D eigenvalue weighted by molar-refractivity contribution is 7.15. The lowest BCUT2D eigenvalue weighted by Gasteiger charge is -2.36. The number of anilines is 2. The molecule has 1 saturated heterocycles. The molecule has 1 aliphatic heterocycles. The highest BCUT2D eigenvalue weighted by Crippen LogP contribution is 2.30. The van der Waals surface area contributed by atoms with E-state index in [4.69, 9.17) is 10.5 Å². The molecule has 0 radical (unpaired) electrons. The number of nitrogens with two attached hydrogens (primary N) is 1. The number of aryl methyl sites for hydroxylation is 1. The quantitative estimate of drug-likeness (QED) is 0.636. The highest BCUT2D eigenvalue weighted by Gasteiger charge is 2.18. The van der Waals surface area contributed by atoms with Gasteiger partial charge in [0.15, 0.2) is 5.13 Å². The Hall–Kier alpha value is -2.57. The average Bonchev–Trinajstić information content (AvgIpc) is 3.15. The molecule has 2 N–H and O–H groups in total. The van der Waals surface area contributed by atoms with E-state index in [2.05, 4.69) is 57.2 Å². The molecule has 3 aromatic rings. The zero-order valence-corrected chi connectivity index (χ0v) is 17.7. The van der Waals surface area contributed by atoms with Crippen molar-refractivity contribution in [2.45, 2.75) is 12.8 Å². The van der Waals surface area contributed by atoms with Gasteiger partial charge >= 0.3 is 0 Å². The minimum Gasteiger partial charge on any atom is -0.497 e. The predicted molar refractivity (Wildman–Crippen MR) is 122 cm³/mol. The third-order valence-electron chi connectivity index (χ3n) is 5.43. The summed E-state index contributed by atoms with van der Waals surface area (Å²) in [5.74, 6) is 0.919. The number of hydrogen-bond donors (Lipinski definition) is 1. The third kappa shape index (κ3) is 4.89. The number of aromatic nitrogens is 1. The summed E-state index contributed by atoms with van der Waals surface area (Å²) < 4.78 is 5.36. The number of hydrogen-bond acceptors (Lipinski definition) is 6. The van der Waals surface area contributed by atoms with Crippen molar-refractivity contribution < 1.29 is 4.74 Å². The van der Waals surface area contributed by atoms with Crippen LogP contribution >= 0.6 is 11.3 Å². The number of rotatable bonds is 7. The SMILES string of the molecule is COc1cccc(N2CCN(CCCc3sc(N)nc3-c3ccccc3)CC2)c1. The Labute approximate surface area is 176 Å². The predicted octanol–water partition coefficient (Wildman–Crippen LogP) is 4.16. The van der Waals surface area contributed by atoms with Gasteiger partial charge in [-0.3, -0.25) is 4.90 Å². The number of methoxy groups -OCH3 is 1. The Balaban J connectivity index is 1.28. The van der Waals surface area contributed by atoms with Gasteiger partial charge in [-0.2, -0.15) is 0 Å². The van der Waals surface area contributed by atoms with Gasteiger partial charge in [-0.15, -0.1) is 11.3 Å². The van der Waals surface area contributed by atoms with Gasteiger partial charge in [0.05, 0.1) is 12.8 Å². The van der Waals surface area contributed by atoms with E-state index >= 15 is 0 Å². The van der Waals surface area contributed by atoms with E-state index in [0.717, 1.165) is 62.6 Å². The van der Waals surface area contributed by atoms with Gasteiger partial charge in [0, 0.05) is 48.4 Å². The monoisotopic (exact) mass is 408 g/mol. The van der Waals surface area contributed by atoms with Crippen LogP contribution in [-0.4, -0.2) is 49.7 Å². The summed E-state index contributed by atoms with van der Waals surface area (Å²) >= 11 is 1.62. The molecule has 0 bridgehead atoms. The number of piperazine rings is 1. The van der Waals surface area contributed by atoms with Crippen molar-refractivity contribution in [3.8, 4) is 17.0 Å². The molecule has 0 spiro atoms. The maximum absolute atomic E-state index is 6.01. The molecule has 6 heteroatoms. The van der Waals surface area contributed by atoms with Crippen molar-refractivity contribution in [1.29, 1.82) is 0 Å². The second-order valence-electron chi connectivity index (χ2n) is 7.32. The van der Waals surface area contributed by atoms with Crippen molar-refractivity contribution >= 4 is 22.2 Å². The van der Waals surface area contributed by atoms with Crippen molar-refractivity contribution in [1.82, 2.24) is 9.88 Å². The second-order valence-corrected chi connectivity index (χ2v) is 8.44. The van der Waals surface area contributed by atoms with Crippen LogP contribution in [0, 0.1) is 0 Å². The van der Waals surface area contributed by atoms with Crippen LogP contribution < -0.4 is 15.4 Å². The van der Waals surface area contributed by atoms with E-state index in [-0.39, 0.29) is 0 Å². The summed E-state index contributed by atoms with van der Waals surface area (Å²) in [6, 6.07) is 18.7. The van der Waals surface area contributed by atoms with Gasteiger partial charge in [0.2, 0.25) is 0 Å². The Morgan fingerprint density at radius 1 is 1.03 bits per heavy atom. The molecule has 152 valence electrons. The molecule has 1 aliphatic rings. The number of ether oxygens (including phenoxy) is 1. The van der Waals surface area contributed by atoms with Crippen LogP contribution in [0.2, 0.25) is 0 Å². The third-order valence-corrected chi connectivity index (χ3v) is 6.37. The Morgan fingerprint density at radius 3 is 2.59 bits per heavy atom. The number of nitrogens with zero attached hydrogens (tertiary/aromatic N) is 3. The van der Waals surface area contributed by atoms with Crippen LogP contribution in [0.3, 0.4) is 0 Å². The van der Waals surface area contributed by atoms with Gasteiger partial charge in [-0.05, 0) is 31.5 Å². The maximum atomic E-state index is 6.01. The van der Waals surface area contributed by atoms with Crippen LogP contribution in [-0.2, 0) is 6.42 Å². The van der Waals surface area contributed by atoms with Crippen LogP contribution in [0.15, 0.2) is 54.6 Å². The minimum absolute atomic E-state index is 0.658. The fourth-order valence-corrected chi connectivity index (χ4v) is 4.76. The molecule has 0 aliphatic carbocycles. The van der Waals surface area contributed by atoms with E-state index in [1.165, 1.54) is 10.6 Å². The standard InChI is InChI=1S/C23H28N4OS/c1-28-20-10-5-9-19(17-20)27-15-13-26(14-16-27)12-6-11-21-22(25-23(24)29-21)18-7-3-2-4-8-18/h2-5,7-10,17H,6,11-16H2,1H3,(H2,24,25). The summed E-state index contributed by atoms with van der Waals surface area (Å²) in [4.78, 5) is 10.9. The zero-order valence-electron chi connectivity index (χ0n) is 16.9. The average molecular weight is 409 g/mol. The second kappa shape index (κ2) is 9.29. The highest BCUT2D eigenvalue weighted by atomic mass is 32.1. The first kappa shape index (κ1) is 19.7. The van der Waals surface area contributed by atoms with Crippen molar-refractivity contribution in [2.24, 2.45) is 0 Å². The molecule has 1 fully saturated rings. The smallest absolute Gasteiger partial charge is 0.180 e. The van der Waals surface area contributed by atoms with Crippen LogP contribution in [0.4, 0.5) is 10.8 Å². The molecule has 0 atom stereocenters. The molecule has 2 heterocycles. The molecular weight excluding hydrogens is 380 g/mol. The van der Waals surface area contributed by atoms with Crippen LogP contribution in [0.5, 0.6) is 5.75 Å². The van der Waals surface area contributed by atoms with E-state index in [1.54, 1.807) is 18.4 Å². The molecule has 1 aromatic heterocycles.